The number of aliphatic hydroxyl groups excluding tert-OH is 2. The van der Waals surface area contributed by atoms with Gasteiger partial charge in [-0.05, 0) is 104 Å². The van der Waals surface area contributed by atoms with Crippen LogP contribution in [0.25, 0.3) is 0 Å². The summed E-state index contributed by atoms with van der Waals surface area (Å²) in [6, 6.07) is 0. The van der Waals surface area contributed by atoms with Crippen molar-refractivity contribution < 1.29 is 28.0 Å². The van der Waals surface area contributed by atoms with Crippen molar-refractivity contribution in [2.45, 2.75) is 97.2 Å². The van der Waals surface area contributed by atoms with E-state index in [1.54, 1.807) is 0 Å². The van der Waals surface area contributed by atoms with Crippen molar-refractivity contribution in [1.82, 2.24) is 5.32 Å². The van der Waals surface area contributed by atoms with Crippen LogP contribution in [0.15, 0.2) is 0 Å². The molecular weight excluding hydrogens is 454 g/mol. The molecule has 34 heavy (non-hydrogen) atoms. The minimum absolute atomic E-state index is 0.0625. The average molecular weight is 500 g/mol. The van der Waals surface area contributed by atoms with Crippen molar-refractivity contribution in [2.24, 2.45) is 46.3 Å². The van der Waals surface area contributed by atoms with Gasteiger partial charge in [0.15, 0.2) is 0 Å². The highest BCUT2D eigenvalue weighted by molar-refractivity contribution is 7.85. The molecule has 0 aromatic heterocycles. The fourth-order valence-corrected chi connectivity index (χ4v) is 9.50. The summed E-state index contributed by atoms with van der Waals surface area (Å²) in [6.07, 6.45) is 8.87. The lowest BCUT2D eigenvalue weighted by Crippen LogP contribution is -2.58. The molecule has 4 aliphatic rings. The summed E-state index contributed by atoms with van der Waals surface area (Å²) in [5.41, 5.74) is 0.411. The standard InChI is InChI=1S/C26H45NO6S/c1-16(4-7-23(30)27-12-13-34(31,32)33)19-5-6-20-24-21(9-11-26(19,20)3)25(2)10-8-18(28)14-17(25)15-22(24)29/h16-22,24,28-29H,4-15H2,1-3H3,(H,27,30)(H,31,32,33)/t16?,17?,18-,19?,20+,21+,22+,24+,25?,26?/m1/s1. The van der Waals surface area contributed by atoms with Crippen LogP contribution in [0.3, 0.4) is 0 Å². The molecule has 8 heteroatoms. The molecule has 0 heterocycles. The van der Waals surface area contributed by atoms with Gasteiger partial charge in [-0.25, -0.2) is 0 Å². The summed E-state index contributed by atoms with van der Waals surface area (Å²) >= 11 is 0. The minimum atomic E-state index is -4.06. The zero-order valence-electron chi connectivity index (χ0n) is 21.1. The number of hydrogen-bond acceptors (Lipinski definition) is 5. The summed E-state index contributed by atoms with van der Waals surface area (Å²) in [6.45, 7) is 7.05. The molecule has 0 aromatic carbocycles. The van der Waals surface area contributed by atoms with Crippen LogP contribution in [-0.4, -0.2) is 53.6 Å². The molecule has 4 aliphatic carbocycles. The summed E-state index contributed by atoms with van der Waals surface area (Å²) in [5.74, 6) is 2.10. The number of nitrogens with one attached hydrogen (secondary N) is 1. The lowest BCUT2D eigenvalue weighted by molar-refractivity contribution is -0.174. The Bertz CT molecular complexity index is 863. The van der Waals surface area contributed by atoms with Crippen LogP contribution in [0.1, 0.15) is 85.0 Å². The molecule has 0 spiro atoms. The topological polar surface area (TPSA) is 124 Å². The molecule has 196 valence electrons. The predicted octanol–water partition coefficient (Wildman–Crippen LogP) is 3.40. The Hall–Kier alpha value is -0.700. The normalized spacial score (nSPS) is 45.1. The first kappa shape index (κ1) is 26.4. The third-order valence-electron chi connectivity index (χ3n) is 10.9. The average Bonchev–Trinajstić information content (AvgIpc) is 3.09. The number of aliphatic hydroxyl groups is 2. The molecule has 1 amide bonds. The van der Waals surface area contributed by atoms with Crippen LogP contribution in [-0.2, 0) is 14.9 Å². The van der Waals surface area contributed by atoms with Crippen LogP contribution in [0, 0.1) is 46.3 Å². The Labute approximate surface area is 205 Å². The van der Waals surface area contributed by atoms with Gasteiger partial charge in [-0.2, -0.15) is 8.42 Å². The summed E-state index contributed by atoms with van der Waals surface area (Å²) in [7, 11) is -4.06. The van der Waals surface area contributed by atoms with Gasteiger partial charge in [-0.15, -0.1) is 0 Å². The molecule has 0 aromatic rings. The van der Waals surface area contributed by atoms with Crippen molar-refractivity contribution >= 4 is 16.0 Å². The predicted molar refractivity (Wildman–Crippen MR) is 130 cm³/mol. The van der Waals surface area contributed by atoms with Crippen LogP contribution in [0.5, 0.6) is 0 Å². The maximum absolute atomic E-state index is 12.2. The number of fused-ring (bicyclic) bond motifs is 5. The van der Waals surface area contributed by atoms with Crippen LogP contribution in [0.4, 0.5) is 0 Å². The molecule has 4 fully saturated rings. The lowest BCUT2D eigenvalue weighted by Gasteiger charge is -2.62. The van der Waals surface area contributed by atoms with Gasteiger partial charge in [-0.1, -0.05) is 20.8 Å². The first-order chi connectivity index (χ1) is 15.8. The Balaban J connectivity index is 1.39. The first-order valence-electron chi connectivity index (χ1n) is 13.4. The van der Waals surface area contributed by atoms with Gasteiger partial charge in [0.25, 0.3) is 10.1 Å². The van der Waals surface area contributed by atoms with Crippen molar-refractivity contribution in [3.05, 3.63) is 0 Å². The van der Waals surface area contributed by atoms with Crippen molar-refractivity contribution in [3.63, 3.8) is 0 Å². The van der Waals surface area contributed by atoms with E-state index >= 15 is 0 Å². The Morgan fingerprint density at radius 3 is 2.41 bits per heavy atom. The monoisotopic (exact) mass is 499 g/mol. The van der Waals surface area contributed by atoms with Gasteiger partial charge >= 0.3 is 0 Å². The van der Waals surface area contributed by atoms with Crippen molar-refractivity contribution in [1.29, 1.82) is 0 Å². The molecule has 0 aliphatic heterocycles. The second-order valence-corrected chi connectivity index (χ2v) is 14.2. The Kier molecular flexibility index (Phi) is 7.47. The smallest absolute Gasteiger partial charge is 0.266 e. The zero-order valence-corrected chi connectivity index (χ0v) is 21.9. The second kappa shape index (κ2) is 9.64. The Morgan fingerprint density at radius 2 is 1.71 bits per heavy atom. The molecule has 4 rings (SSSR count). The van der Waals surface area contributed by atoms with E-state index in [1.165, 1.54) is 6.42 Å². The molecule has 0 radical (unpaired) electrons. The van der Waals surface area contributed by atoms with E-state index in [0.717, 1.165) is 51.4 Å². The van der Waals surface area contributed by atoms with Gasteiger partial charge in [0.1, 0.15) is 0 Å². The minimum Gasteiger partial charge on any atom is -0.393 e. The van der Waals surface area contributed by atoms with E-state index < -0.39 is 15.9 Å². The molecule has 10 atom stereocenters. The van der Waals surface area contributed by atoms with Crippen LogP contribution < -0.4 is 5.32 Å². The fraction of sp³-hybridized carbons (Fsp3) is 0.962. The lowest BCUT2D eigenvalue weighted by atomic mass is 9.43. The Morgan fingerprint density at radius 1 is 1.03 bits per heavy atom. The number of carbonyl (C=O) groups excluding carboxylic acids is 1. The fourth-order valence-electron chi connectivity index (χ4n) is 9.14. The molecule has 7 nitrogen and oxygen atoms in total. The highest BCUT2D eigenvalue weighted by atomic mass is 32.2. The van der Waals surface area contributed by atoms with Crippen molar-refractivity contribution in [2.75, 3.05) is 12.3 Å². The summed E-state index contributed by atoms with van der Waals surface area (Å²) < 4.78 is 30.5. The van der Waals surface area contributed by atoms with Crippen LogP contribution >= 0.6 is 0 Å². The molecule has 5 unspecified atom stereocenters. The number of hydrogen-bond donors (Lipinski definition) is 4. The molecule has 0 saturated heterocycles. The van der Waals surface area contributed by atoms with E-state index in [2.05, 4.69) is 26.1 Å². The number of amides is 1. The van der Waals surface area contributed by atoms with Crippen LogP contribution in [0.2, 0.25) is 0 Å². The number of rotatable bonds is 7. The summed E-state index contributed by atoms with van der Waals surface area (Å²) in [4.78, 5) is 12.2. The molecule has 4 saturated carbocycles. The molecular formula is C26H45NO6S. The number of carbonyl (C=O) groups is 1. The van der Waals surface area contributed by atoms with Gasteiger partial charge in [0.2, 0.25) is 5.91 Å². The van der Waals surface area contributed by atoms with E-state index in [-0.39, 0.29) is 35.5 Å². The maximum Gasteiger partial charge on any atom is 0.266 e. The quantitative estimate of drug-likeness (QED) is 0.398. The van der Waals surface area contributed by atoms with Crippen molar-refractivity contribution in [3.8, 4) is 0 Å². The van der Waals surface area contributed by atoms with Gasteiger partial charge in [-0.3, -0.25) is 9.35 Å². The third kappa shape index (κ3) is 4.94. The van der Waals surface area contributed by atoms with Gasteiger partial charge in [0, 0.05) is 13.0 Å². The van der Waals surface area contributed by atoms with E-state index in [9.17, 15) is 23.4 Å². The SMILES string of the molecule is CC(CCC(=O)NCCS(=O)(=O)O)C1CC[C@H]2[C@@H]3[C@@H](O)CC4C[C@H](O)CCC4(C)[C@H]3CCC12C. The highest BCUT2D eigenvalue weighted by Crippen LogP contribution is 2.68. The highest BCUT2D eigenvalue weighted by Gasteiger charge is 2.62. The largest absolute Gasteiger partial charge is 0.393 e. The zero-order chi connectivity index (χ0) is 24.9. The molecule has 4 N–H and O–H groups in total. The third-order valence-corrected chi connectivity index (χ3v) is 11.6. The van der Waals surface area contributed by atoms with E-state index in [1.807, 2.05) is 0 Å². The second-order valence-electron chi connectivity index (χ2n) is 12.6. The van der Waals surface area contributed by atoms with E-state index in [0.29, 0.717) is 41.9 Å². The first-order valence-corrected chi connectivity index (χ1v) is 15.0. The summed E-state index contributed by atoms with van der Waals surface area (Å²) in [5, 5.41) is 24.2. The van der Waals surface area contributed by atoms with Gasteiger partial charge < -0.3 is 15.5 Å². The van der Waals surface area contributed by atoms with E-state index in [4.69, 9.17) is 4.55 Å². The molecule has 0 bridgehead atoms. The maximum atomic E-state index is 12.2. The van der Waals surface area contributed by atoms with Gasteiger partial charge in [0.05, 0.1) is 18.0 Å².